The van der Waals surface area contributed by atoms with E-state index in [0.717, 1.165) is 0 Å². The number of aliphatic hydroxyl groups excluding tert-OH is 2. The molecule has 0 saturated carbocycles. The van der Waals surface area contributed by atoms with Crippen LogP contribution in [0.1, 0.15) is 33.1 Å². The van der Waals surface area contributed by atoms with Gasteiger partial charge >= 0.3 is 5.97 Å². The lowest BCUT2D eigenvalue weighted by Gasteiger charge is -2.23. The van der Waals surface area contributed by atoms with E-state index in [2.05, 4.69) is 4.74 Å². The molecule has 5 heteroatoms. The van der Waals surface area contributed by atoms with Crippen LogP contribution in [0, 0.1) is 0 Å². The molecule has 0 amide bonds. The number of hydrogen-bond acceptors (Lipinski definition) is 5. The average Bonchev–Trinajstić information content (AvgIpc) is 2.32. The van der Waals surface area contributed by atoms with Gasteiger partial charge in [0.05, 0.1) is 25.1 Å². The molecule has 3 atom stereocenters. The third kappa shape index (κ3) is 6.35. The fraction of sp³-hybridized carbons (Fsp3) is 0.909. The van der Waals surface area contributed by atoms with Crippen LogP contribution in [-0.2, 0) is 9.53 Å². The normalized spacial score (nSPS) is 16.6. The number of carbonyl (C=O) groups is 1. The van der Waals surface area contributed by atoms with Gasteiger partial charge in [-0.15, -0.1) is 11.8 Å². The van der Waals surface area contributed by atoms with E-state index in [4.69, 9.17) is 0 Å². The van der Waals surface area contributed by atoms with E-state index in [1.165, 1.54) is 18.9 Å². The molecule has 0 radical (unpaired) electrons. The van der Waals surface area contributed by atoms with Crippen molar-refractivity contribution in [1.82, 2.24) is 0 Å². The summed E-state index contributed by atoms with van der Waals surface area (Å²) in [7, 11) is 1.34. The zero-order valence-electron chi connectivity index (χ0n) is 10.2. The van der Waals surface area contributed by atoms with Crippen molar-refractivity contribution in [1.29, 1.82) is 0 Å². The maximum Gasteiger partial charge on any atom is 0.315 e. The highest BCUT2D eigenvalue weighted by molar-refractivity contribution is 8.00. The van der Waals surface area contributed by atoms with Gasteiger partial charge in [0, 0.05) is 5.25 Å². The number of thioether (sulfide) groups is 1. The van der Waals surface area contributed by atoms with E-state index in [-0.39, 0.29) is 17.0 Å². The van der Waals surface area contributed by atoms with E-state index >= 15 is 0 Å². The van der Waals surface area contributed by atoms with Crippen LogP contribution in [0.2, 0.25) is 0 Å². The van der Waals surface area contributed by atoms with Crippen LogP contribution in [0.4, 0.5) is 0 Å². The predicted octanol–water partition coefficient (Wildman–Crippen LogP) is 1.19. The zero-order valence-corrected chi connectivity index (χ0v) is 11.0. The molecular weight excluding hydrogens is 228 g/mol. The van der Waals surface area contributed by atoms with E-state index in [1.54, 1.807) is 0 Å². The lowest BCUT2D eigenvalue weighted by molar-refractivity contribution is -0.137. The van der Waals surface area contributed by atoms with E-state index in [9.17, 15) is 15.0 Å². The molecule has 0 aromatic rings. The minimum atomic E-state index is -0.490. The van der Waals surface area contributed by atoms with E-state index in [1.807, 2.05) is 13.8 Å². The van der Waals surface area contributed by atoms with Crippen LogP contribution in [0.15, 0.2) is 0 Å². The van der Waals surface area contributed by atoms with Crippen LogP contribution >= 0.6 is 11.8 Å². The summed E-state index contributed by atoms with van der Waals surface area (Å²) in [5.41, 5.74) is 0. The Kier molecular flexibility index (Phi) is 8.70. The Bertz CT molecular complexity index is 198. The molecule has 3 unspecified atom stereocenters. The first-order valence-corrected chi connectivity index (χ1v) is 6.64. The van der Waals surface area contributed by atoms with Gasteiger partial charge in [-0.05, 0) is 19.3 Å². The highest BCUT2D eigenvalue weighted by Gasteiger charge is 2.22. The van der Waals surface area contributed by atoms with Crippen LogP contribution in [0.25, 0.3) is 0 Å². The van der Waals surface area contributed by atoms with Gasteiger partial charge in [0.2, 0.25) is 0 Å². The van der Waals surface area contributed by atoms with E-state index in [0.29, 0.717) is 19.3 Å². The minimum Gasteiger partial charge on any atom is -0.468 e. The van der Waals surface area contributed by atoms with Crippen molar-refractivity contribution in [2.24, 2.45) is 0 Å². The van der Waals surface area contributed by atoms with Crippen molar-refractivity contribution in [3.05, 3.63) is 0 Å². The molecule has 0 aromatic carbocycles. The van der Waals surface area contributed by atoms with Crippen molar-refractivity contribution in [2.75, 3.05) is 12.9 Å². The van der Waals surface area contributed by atoms with Crippen molar-refractivity contribution in [3.63, 3.8) is 0 Å². The molecule has 0 saturated heterocycles. The van der Waals surface area contributed by atoms with Crippen molar-refractivity contribution < 1.29 is 19.7 Å². The first kappa shape index (κ1) is 15.7. The maximum absolute atomic E-state index is 11.0. The fourth-order valence-corrected chi connectivity index (χ4v) is 2.51. The average molecular weight is 250 g/mol. The van der Waals surface area contributed by atoms with Crippen LogP contribution < -0.4 is 0 Å². The molecule has 0 aliphatic heterocycles. The summed E-state index contributed by atoms with van der Waals surface area (Å²) >= 11 is 1.35. The number of carbonyl (C=O) groups excluding carboxylic acids is 1. The summed E-state index contributed by atoms with van der Waals surface area (Å²) < 4.78 is 4.54. The third-order valence-electron chi connectivity index (χ3n) is 2.47. The smallest absolute Gasteiger partial charge is 0.315 e. The summed E-state index contributed by atoms with van der Waals surface area (Å²) in [5.74, 6) is -0.0847. The van der Waals surface area contributed by atoms with Gasteiger partial charge in [-0.3, -0.25) is 4.79 Å². The predicted molar refractivity (Wildman–Crippen MR) is 65.5 cm³/mol. The fourth-order valence-electron chi connectivity index (χ4n) is 1.27. The first-order valence-electron chi connectivity index (χ1n) is 5.59. The van der Waals surface area contributed by atoms with Gasteiger partial charge in [-0.2, -0.15) is 0 Å². The maximum atomic E-state index is 11.0. The Morgan fingerprint density at radius 3 is 2.38 bits per heavy atom. The second-order valence-electron chi connectivity index (χ2n) is 3.70. The van der Waals surface area contributed by atoms with Gasteiger partial charge in [0.15, 0.2) is 0 Å². The minimum absolute atomic E-state index is 0.112. The number of aliphatic hydroxyl groups is 2. The highest BCUT2D eigenvalue weighted by Crippen LogP contribution is 2.23. The lowest BCUT2D eigenvalue weighted by atomic mass is 10.1. The molecule has 16 heavy (non-hydrogen) atoms. The van der Waals surface area contributed by atoms with E-state index < -0.39 is 12.2 Å². The van der Waals surface area contributed by atoms with Gasteiger partial charge in [-0.25, -0.2) is 0 Å². The second-order valence-corrected chi connectivity index (χ2v) is 4.93. The quantitative estimate of drug-likeness (QED) is 0.633. The number of esters is 1. The molecule has 0 aliphatic rings. The molecule has 0 aromatic heterocycles. The Hall–Kier alpha value is -0.260. The molecule has 0 rings (SSSR count). The third-order valence-corrected chi connectivity index (χ3v) is 3.80. The summed E-state index contributed by atoms with van der Waals surface area (Å²) in [6.45, 7) is 3.78. The SMILES string of the molecule is CCC(O)CC(SCC(=O)OC)C(O)CC. The van der Waals surface area contributed by atoms with Gasteiger partial charge in [-0.1, -0.05) is 13.8 Å². The van der Waals surface area contributed by atoms with Crippen molar-refractivity contribution in [2.45, 2.75) is 50.6 Å². The Balaban J connectivity index is 4.15. The van der Waals surface area contributed by atoms with Gasteiger partial charge in [0.25, 0.3) is 0 Å². The summed E-state index contributed by atoms with van der Waals surface area (Å²) in [6, 6.07) is 0. The van der Waals surface area contributed by atoms with Crippen molar-refractivity contribution in [3.8, 4) is 0 Å². The highest BCUT2D eigenvalue weighted by atomic mass is 32.2. The zero-order chi connectivity index (χ0) is 12.6. The summed E-state index contributed by atoms with van der Waals surface area (Å²) in [6.07, 6.45) is 0.876. The molecule has 2 N–H and O–H groups in total. The largest absolute Gasteiger partial charge is 0.468 e. The molecule has 4 nitrogen and oxygen atoms in total. The number of methoxy groups -OCH3 is 1. The molecular formula is C11H22O4S. The molecule has 0 aliphatic carbocycles. The summed E-state index contributed by atoms with van der Waals surface area (Å²) in [5, 5.41) is 19.2. The molecule has 0 bridgehead atoms. The Morgan fingerprint density at radius 2 is 1.94 bits per heavy atom. The number of rotatable bonds is 8. The monoisotopic (exact) mass is 250 g/mol. The van der Waals surface area contributed by atoms with Gasteiger partial charge in [0.1, 0.15) is 0 Å². The Morgan fingerprint density at radius 1 is 1.31 bits per heavy atom. The lowest BCUT2D eigenvalue weighted by Crippen LogP contribution is -2.28. The molecule has 0 fully saturated rings. The summed E-state index contributed by atoms with van der Waals surface area (Å²) in [4.78, 5) is 11.0. The first-order chi connectivity index (χ1) is 7.54. The second kappa shape index (κ2) is 8.84. The topological polar surface area (TPSA) is 66.8 Å². The molecule has 0 spiro atoms. The van der Waals surface area contributed by atoms with Crippen LogP contribution in [0.3, 0.4) is 0 Å². The van der Waals surface area contributed by atoms with Crippen LogP contribution in [-0.4, -0.2) is 46.5 Å². The Labute approximate surface area is 101 Å². The van der Waals surface area contributed by atoms with Crippen molar-refractivity contribution >= 4 is 17.7 Å². The van der Waals surface area contributed by atoms with Crippen LogP contribution in [0.5, 0.6) is 0 Å². The molecule has 96 valence electrons. The standard InChI is InChI=1S/C11H22O4S/c1-4-8(12)6-10(9(13)5-2)16-7-11(14)15-3/h8-10,12-13H,4-7H2,1-3H3. The van der Waals surface area contributed by atoms with Gasteiger partial charge < -0.3 is 14.9 Å². The number of ether oxygens (including phenoxy) is 1. The molecule has 0 heterocycles. The number of hydrogen-bond donors (Lipinski definition) is 2.